The van der Waals surface area contributed by atoms with E-state index in [9.17, 15) is 4.79 Å². The van der Waals surface area contributed by atoms with Gasteiger partial charge in [0.2, 0.25) is 0 Å². The summed E-state index contributed by atoms with van der Waals surface area (Å²) in [5.41, 5.74) is 3.52. The van der Waals surface area contributed by atoms with Gasteiger partial charge in [0.15, 0.2) is 0 Å². The highest BCUT2D eigenvalue weighted by atomic mass is 79.9. The highest BCUT2D eigenvalue weighted by molar-refractivity contribution is 9.10. The van der Waals surface area contributed by atoms with Crippen LogP contribution in [0.4, 0.5) is 5.69 Å². The van der Waals surface area contributed by atoms with Crippen molar-refractivity contribution in [2.45, 2.75) is 13.5 Å². The molecule has 0 aliphatic heterocycles. The van der Waals surface area contributed by atoms with E-state index in [-0.39, 0.29) is 5.56 Å². The second-order valence-corrected chi connectivity index (χ2v) is 3.79. The minimum absolute atomic E-state index is 0.126. The topological polar surface area (TPSA) is 50.2 Å². The van der Waals surface area contributed by atoms with Crippen LogP contribution in [0.5, 0.6) is 0 Å². The Balaban J connectivity index is 3.11. The van der Waals surface area contributed by atoms with E-state index < -0.39 is 0 Å². The van der Waals surface area contributed by atoms with Gasteiger partial charge in [-0.3, -0.25) is 4.79 Å². The Morgan fingerprint density at radius 2 is 2.29 bits per heavy atom. The lowest BCUT2D eigenvalue weighted by Crippen LogP contribution is -2.26. The molecule has 0 aliphatic carbocycles. The first-order valence-corrected chi connectivity index (χ1v) is 5.05. The fraction of sp³-hybridized carbons (Fsp3) is 0.500. The molecule has 0 fully saturated rings. The monoisotopic (exact) mass is 260 g/mol. The van der Waals surface area contributed by atoms with Gasteiger partial charge in [-0.1, -0.05) is 0 Å². The molecule has 1 N–H and O–H groups in total. The van der Waals surface area contributed by atoms with Crippen LogP contribution < -0.4 is 11.0 Å². The number of nitrogens with zero attached hydrogens (tertiary/aromatic N) is 3. The first kappa shape index (κ1) is 11.2. The third-order valence-corrected chi connectivity index (χ3v) is 2.39. The maximum absolute atomic E-state index is 11.6. The summed E-state index contributed by atoms with van der Waals surface area (Å²) in [6.45, 7) is 2.44. The molecular weight excluding hydrogens is 248 g/mol. The molecule has 0 aromatic carbocycles. The average molecular weight is 261 g/mol. The number of hydrogen-bond acceptors (Lipinski definition) is 4. The molecule has 6 heteroatoms. The number of hydrogen-bond donors (Lipinski definition) is 1. The molecule has 0 unspecified atom stereocenters. The lowest BCUT2D eigenvalue weighted by Gasteiger charge is -2.14. The summed E-state index contributed by atoms with van der Waals surface area (Å²) in [4.78, 5) is 11.6. The van der Waals surface area contributed by atoms with Crippen molar-refractivity contribution in [2.24, 2.45) is 0 Å². The molecule has 1 aromatic heterocycles. The van der Waals surface area contributed by atoms with Crippen LogP contribution in [-0.2, 0) is 6.54 Å². The minimum atomic E-state index is -0.126. The lowest BCUT2D eigenvalue weighted by atomic mass is 10.5. The Hall–Kier alpha value is -0.880. The fourth-order valence-electron chi connectivity index (χ4n) is 1.01. The van der Waals surface area contributed by atoms with Crippen LogP contribution in [0.1, 0.15) is 6.92 Å². The Morgan fingerprint density at radius 3 is 2.79 bits per heavy atom. The van der Waals surface area contributed by atoms with E-state index in [4.69, 9.17) is 0 Å². The second kappa shape index (κ2) is 4.56. The van der Waals surface area contributed by atoms with Gasteiger partial charge in [0.1, 0.15) is 4.47 Å². The van der Waals surface area contributed by atoms with E-state index in [1.807, 2.05) is 21.0 Å². The summed E-state index contributed by atoms with van der Waals surface area (Å²) >= 11 is 3.24. The van der Waals surface area contributed by atoms with Crippen molar-refractivity contribution in [2.75, 3.05) is 19.5 Å². The number of rotatable bonds is 3. The zero-order valence-corrected chi connectivity index (χ0v) is 10.00. The molecule has 0 saturated carbocycles. The largest absolute Gasteiger partial charge is 0.317 e. The summed E-state index contributed by atoms with van der Waals surface area (Å²) < 4.78 is 1.90. The van der Waals surface area contributed by atoms with E-state index in [1.54, 1.807) is 11.2 Å². The van der Waals surface area contributed by atoms with Crippen LogP contribution >= 0.6 is 15.9 Å². The van der Waals surface area contributed by atoms with Crippen LogP contribution in [0.3, 0.4) is 0 Å². The molecule has 0 atom stereocenters. The van der Waals surface area contributed by atoms with Gasteiger partial charge in [-0.15, -0.1) is 0 Å². The highest BCUT2D eigenvalue weighted by Gasteiger charge is 2.07. The number of anilines is 1. The Bertz CT molecular complexity index is 374. The minimum Gasteiger partial charge on any atom is -0.317 e. The molecule has 5 nitrogen and oxygen atoms in total. The molecule has 0 spiro atoms. The fourth-order valence-corrected chi connectivity index (χ4v) is 1.40. The van der Waals surface area contributed by atoms with Crippen LogP contribution in [0.2, 0.25) is 0 Å². The normalized spacial score (nSPS) is 10.6. The molecule has 1 aromatic rings. The zero-order valence-electron chi connectivity index (χ0n) is 8.41. The van der Waals surface area contributed by atoms with E-state index in [1.165, 1.54) is 4.68 Å². The number of halogens is 1. The van der Waals surface area contributed by atoms with Crippen molar-refractivity contribution in [3.63, 3.8) is 0 Å². The maximum Gasteiger partial charge on any atom is 0.283 e. The van der Waals surface area contributed by atoms with Gasteiger partial charge in [0.25, 0.3) is 5.56 Å². The van der Waals surface area contributed by atoms with Gasteiger partial charge in [0, 0.05) is 20.6 Å². The molecule has 0 radical (unpaired) electrons. The van der Waals surface area contributed by atoms with Crippen molar-refractivity contribution in [1.29, 1.82) is 0 Å². The van der Waals surface area contributed by atoms with E-state index in [0.29, 0.717) is 16.7 Å². The van der Waals surface area contributed by atoms with E-state index in [0.717, 1.165) is 0 Å². The van der Waals surface area contributed by atoms with Crippen molar-refractivity contribution >= 4 is 21.6 Å². The number of aromatic nitrogens is 2. The Labute approximate surface area is 90.8 Å². The Morgan fingerprint density at radius 1 is 1.64 bits per heavy atom. The van der Waals surface area contributed by atoms with Gasteiger partial charge in [-0.25, -0.2) is 9.69 Å². The molecule has 1 rings (SSSR count). The second-order valence-electron chi connectivity index (χ2n) is 3.00. The molecule has 0 aliphatic rings. The van der Waals surface area contributed by atoms with Crippen molar-refractivity contribution in [3.8, 4) is 0 Å². The number of hydrazine groups is 1. The summed E-state index contributed by atoms with van der Waals surface area (Å²) in [6, 6.07) is 0. The molecule has 0 amide bonds. The van der Waals surface area contributed by atoms with Crippen molar-refractivity contribution < 1.29 is 0 Å². The van der Waals surface area contributed by atoms with E-state index in [2.05, 4.69) is 26.5 Å². The zero-order chi connectivity index (χ0) is 10.7. The van der Waals surface area contributed by atoms with Gasteiger partial charge < -0.3 is 5.43 Å². The Kier molecular flexibility index (Phi) is 3.65. The third-order valence-electron chi connectivity index (χ3n) is 1.63. The van der Waals surface area contributed by atoms with Crippen LogP contribution in [0.15, 0.2) is 15.5 Å². The SMILES string of the molecule is CCn1ncc(NN(C)C)c(Br)c1=O. The van der Waals surface area contributed by atoms with E-state index >= 15 is 0 Å². The molecule has 14 heavy (non-hydrogen) atoms. The first-order valence-electron chi connectivity index (χ1n) is 4.25. The standard InChI is InChI=1S/C8H13BrN4O/c1-4-13-8(14)7(9)6(5-10-13)11-12(2)3/h5,11H,4H2,1-3H3. The van der Waals surface area contributed by atoms with Crippen LogP contribution in [0.25, 0.3) is 0 Å². The predicted molar refractivity (Wildman–Crippen MR) is 59.2 cm³/mol. The van der Waals surface area contributed by atoms with Crippen LogP contribution in [0, 0.1) is 0 Å². The highest BCUT2D eigenvalue weighted by Crippen LogP contribution is 2.15. The average Bonchev–Trinajstić information content (AvgIpc) is 2.13. The summed E-state index contributed by atoms with van der Waals surface area (Å²) in [5, 5.41) is 5.74. The van der Waals surface area contributed by atoms with Gasteiger partial charge in [-0.05, 0) is 22.9 Å². The summed E-state index contributed by atoms with van der Waals surface area (Å²) in [7, 11) is 3.69. The van der Waals surface area contributed by atoms with Crippen molar-refractivity contribution in [1.82, 2.24) is 14.8 Å². The molecular formula is C8H13BrN4O. The van der Waals surface area contributed by atoms with Gasteiger partial charge in [-0.2, -0.15) is 5.10 Å². The summed E-state index contributed by atoms with van der Waals surface area (Å²) in [6.07, 6.45) is 1.62. The van der Waals surface area contributed by atoms with Crippen LogP contribution in [-0.4, -0.2) is 28.9 Å². The number of nitrogens with one attached hydrogen (secondary N) is 1. The molecule has 78 valence electrons. The predicted octanol–water partition coefficient (Wildman–Crippen LogP) is 0.914. The molecule has 0 saturated heterocycles. The quantitative estimate of drug-likeness (QED) is 0.822. The van der Waals surface area contributed by atoms with Crippen molar-refractivity contribution in [3.05, 3.63) is 21.0 Å². The third kappa shape index (κ3) is 2.33. The molecule has 0 bridgehead atoms. The molecule has 1 heterocycles. The maximum atomic E-state index is 11.6. The van der Waals surface area contributed by atoms with Gasteiger partial charge in [0.05, 0.1) is 11.9 Å². The first-order chi connectivity index (χ1) is 6.56. The number of aryl methyl sites for hydroxylation is 1. The summed E-state index contributed by atoms with van der Waals surface area (Å²) in [5.74, 6) is 0. The lowest BCUT2D eigenvalue weighted by molar-refractivity contribution is 0.492. The van der Waals surface area contributed by atoms with Gasteiger partial charge >= 0.3 is 0 Å². The smallest absolute Gasteiger partial charge is 0.283 e.